The zero-order valence-corrected chi connectivity index (χ0v) is 19.0. The molecule has 0 saturated carbocycles. The predicted molar refractivity (Wildman–Crippen MR) is 124 cm³/mol. The van der Waals surface area contributed by atoms with Crippen LogP contribution < -0.4 is 10.1 Å². The highest BCUT2D eigenvalue weighted by molar-refractivity contribution is 6.08. The first-order valence-corrected chi connectivity index (χ1v) is 11.1. The number of methoxy groups -OCH3 is 1. The van der Waals surface area contributed by atoms with Gasteiger partial charge in [0.1, 0.15) is 18.4 Å². The van der Waals surface area contributed by atoms with Crippen molar-refractivity contribution in [1.29, 1.82) is 0 Å². The van der Waals surface area contributed by atoms with Crippen LogP contribution in [0.3, 0.4) is 0 Å². The maximum Gasteiger partial charge on any atom is 0.329 e. The van der Waals surface area contributed by atoms with Gasteiger partial charge < -0.3 is 14.8 Å². The number of hydrogen-bond acceptors (Lipinski definition) is 6. The smallest absolute Gasteiger partial charge is 0.329 e. The summed E-state index contributed by atoms with van der Waals surface area (Å²) in [4.78, 5) is 51.4. The lowest BCUT2D eigenvalue weighted by Crippen LogP contribution is -2.44. The van der Waals surface area contributed by atoms with Crippen LogP contribution in [0.5, 0.6) is 5.75 Å². The predicted octanol–water partition coefficient (Wildman–Crippen LogP) is 3.33. The van der Waals surface area contributed by atoms with Crippen LogP contribution in [0.4, 0.5) is 5.69 Å². The number of likely N-dealkylation sites (tertiary alicyclic amines) is 1. The Kier molecular flexibility index (Phi) is 6.77. The van der Waals surface area contributed by atoms with Crippen LogP contribution in [0, 0.1) is 11.8 Å². The van der Waals surface area contributed by atoms with Crippen molar-refractivity contribution in [3.05, 3.63) is 71.8 Å². The molecule has 1 aliphatic carbocycles. The van der Waals surface area contributed by atoms with Gasteiger partial charge in [0, 0.05) is 11.3 Å². The van der Waals surface area contributed by atoms with Crippen LogP contribution in [-0.4, -0.2) is 41.7 Å². The Bertz CT molecular complexity index is 1100. The molecule has 3 amide bonds. The summed E-state index contributed by atoms with van der Waals surface area (Å²) >= 11 is 0. The van der Waals surface area contributed by atoms with E-state index in [4.69, 9.17) is 9.47 Å². The molecule has 8 nitrogen and oxygen atoms in total. The van der Waals surface area contributed by atoms with Gasteiger partial charge in [0.2, 0.25) is 11.8 Å². The van der Waals surface area contributed by atoms with Crippen LogP contribution in [0.15, 0.2) is 60.7 Å². The molecule has 1 aliphatic heterocycles. The largest absolute Gasteiger partial charge is 0.497 e. The summed E-state index contributed by atoms with van der Waals surface area (Å²) in [6.45, 7) is 1.48. The van der Waals surface area contributed by atoms with Crippen LogP contribution in [0.1, 0.15) is 35.7 Å². The van der Waals surface area contributed by atoms with E-state index in [0.29, 0.717) is 35.4 Å². The van der Waals surface area contributed by atoms with Crippen molar-refractivity contribution in [2.24, 2.45) is 11.8 Å². The summed E-state index contributed by atoms with van der Waals surface area (Å²) in [6.07, 6.45) is 4.84. The molecule has 1 N–H and O–H groups in total. The summed E-state index contributed by atoms with van der Waals surface area (Å²) in [5, 5.41) is 2.80. The highest BCUT2D eigenvalue weighted by Gasteiger charge is 2.50. The minimum absolute atomic E-state index is 0.0335. The number of carbonyl (C=O) groups is 4. The Morgan fingerprint density at radius 1 is 0.971 bits per heavy atom. The molecule has 8 heteroatoms. The first-order chi connectivity index (χ1) is 16.4. The van der Waals surface area contributed by atoms with E-state index in [9.17, 15) is 19.2 Å². The molecule has 0 spiro atoms. The Morgan fingerprint density at radius 2 is 1.56 bits per heavy atom. The van der Waals surface area contributed by atoms with Crippen molar-refractivity contribution in [3.8, 4) is 5.75 Å². The summed E-state index contributed by atoms with van der Waals surface area (Å²) < 4.78 is 10.5. The second-order valence-corrected chi connectivity index (χ2v) is 8.37. The molecule has 1 heterocycles. The Balaban J connectivity index is 1.31. The number of fused-ring (bicyclic) bond motifs is 1. The van der Waals surface area contributed by atoms with Gasteiger partial charge in [-0.2, -0.15) is 0 Å². The Hall–Kier alpha value is -3.94. The second kappa shape index (κ2) is 9.91. The molecule has 0 bridgehead atoms. The van der Waals surface area contributed by atoms with Gasteiger partial charge in [-0.15, -0.1) is 0 Å². The van der Waals surface area contributed by atoms with Gasteiger partial charge in [0.05, 0.1) is 18.9 Å². The molecule has 2 aromatic rings. The first kappa shape index (κ1) is 23.2. The van der Waals surface area contributed by atoms with Crippen molar-refractivity contribution in [3.63, 3.8) is 0 Å². The molecule has 0 unspecified atom stereocenters. The third-order valence-electron chi connectivity index (χ3n) is 6.22. The van der Waals surface area contributed by atoms with Crippen LogP contribution in [0.25, 0.3) is 0 Å². The van der Waals surface area contributed by atoms with Crippen molar-refractivity contribution in [1.82, 2.24) is 4.90 Å². The number of nitrogens with one attached hydrogen (secondary N) is 1. The number of ether oxygens (including phenoxy) is 2. The number of imide groups is 1. The molecule has 34 heavy (non-hydrogen) atoms. The molecule has 0 aromatic heterocycles. The second-order valence-electron chi connectivity index (χ2n) is 8.37. The third kappa shape index (κ3) is 4.71. The number of anilines is 1. The molecule has 176 valence electrons. The number of allylic oxidation sites excluding steroid dienone is 2. The van der Waals surface area contributed by atoms with Crippen LogP contribution >= 0.6 is 0 Å². The average Bonchev–Trinajstić information content (AvgIpc) is 3.12. The molecule has 1 fully saturated rings. The summed E-state index contributed by atoms with van der Waals surface area (Å²) in [5.74, 6) is -1.61. The van der Waals surface area contributed by atoms with E-state index in [1.54, 1.807) is 55.6 Å². The lowest BCUT2D eigenvalue weighted by atomic mass is 9.85. The molecule has 4 rings (SSSR count). The summed E-state index contributed by atoms with van der Waals surface area (Å²) in [7, 11) is 1.57. The maximum absolute atomic E-state index is 12.7. The molecule has 2 aliphatic rings. The Labute approximate surface area is 197 Å². The fraction of sp³-hybridized carbons (Fsp3) is 0.308. The standard InChI is InChI=1S/C26H26N2O6/c1-16(28-24(30)21-5-3-4-6-22(21)25(28)31)26(32)34-15-17-7-9-18(10-8-17)23(29)27-19-11-13-20(33-2)14-12-19/h3-4,7-14,16,21-22H,5-6,15H2,1-2H3,(H,27,29)/t16-,21+,22+/m0/s1. The molecule has 2 aromatic carbocycles. The minimum atomic E-state index is -0.986. The topological polar surface area (TPSA) is 102 Å². The van der Waals surface area contributed by atoms with Gasteiger partial charge in [-0.25, -0.2) is 4.79 Å². The number of rotatable bonds is 7. The highest BCUT2D eigenvalue weighted by atomic mass is 16.5. The molecule has 0 radical (unpaired) electrons. The quantitative estimate of drug-likeness (QED) is 0.385. The van der Waals surface area contributed by atoms with Crippen molar-refractivity contribution < 1.29 is 28.7 Å². The van der Waals surface area contributed by atoms with Gasteiger partial charge in [0.25, 0.3) is 5.91 Å². The Morgan fingerprint density at radius 3 is 2.12 bits per heavy atom. The van der Waals surface area contributed by atoms with Gasteiger partial charge in [0.15, 0.2) is 0 Å². The molecular weight excluding hydrogens is 436 g/mol. The minimum Gasteiger partial charge on any atom is -0.497 e. The zero-order valence-electron chi connectivity index (χ0n) is 19.0. The van der Waals surface area contributed by atoms with E-state index in [1.807, 2.05) is 12.2 Å². The monoisotopic (exact) mass is 462 g/mol. The van der Waals surface area contributed by atoms with Crippen LogP contribution in [0.2, 0.25) is 0 Å². The van der Waals surface area contributed by atoms with Gasteiger partial charge in [-0.1, -0.05) is 24.3 Å². The van der Waals surface area contributed by atoms with Gasteiger partial charge in [-0.05, 0) is 61.7 Å². The number of amides is 3. The van der Waals surface area contributed by atoms with Crippen molar-refractivity contribution in [2.45, 2.75) is 32.4 Å². The van der Waals surface area contributed by atoms with Crippen molar-refractivity contribution in [2.75, 3.05) is 12.4 Å². The highest BCUT2D eigenvalue weighted by Crippen LogP contribution is 2.36. The third-order valence-corrected chi connectivity index (χ3v) is 6.22. The van der Waals surface area contributed by atoms with E-state index < -0.39 is 12.0 Å². The van der Waals surface area contributed by atoms with Crippen molar-refractivity contribution >= 4 is 29.4 Å². The SMILES string of the molecule is COc1ccc(NC(=O)c2ccc(COC(=O)[C@H](C)N3C(=O)[C@@H]4CC=CC[C@H]4C3=O)cc2)cc1. The van der Waals surface area contributed by atoms with E-state index in [2.05, 4.69) is 5.32 Å². The number of nitrogens with zero attached hydrogens (tertiary/aromatic N) is 1. The summed E-state index contributed by atoms with van der Waals surface area (Å²) in [6, 6.07) is 12.7. The van der Waals surface area contributed by atoms with E-state index in [0.717, 1.165) is 4.90 Å². The average molecular weight is 463 g/mol. The maximum atomic E-state index is 12.7. The van der Waals surface area contributed by atoms with Gasteiger partial charge >= 0.3 is 5.97 Å². The number of esters is 1. The normalized spacial score (nSPS) is 20.0. The lowest BCUT2D eigenvalue weighted by Gasteiger charge is -2.21. The lowest BCUT2D eigenvalue weighted by molar-refractivity contribution is -0.159. The molecule has 1 saturated heterocycles. The van der Waals surface area contributed by atoms with E-state index >= 15 is 0 Å². The van der Waals surface area contributed by atoms with E-state index in [-0.39, 0.29) is 36.2 Å². The fourth-order valence-corrected chi connectivity index (χ4v) is 4.22. The van der Waals surface area contributed by atoms with Gasteiger partial charge in [-0.3, -0.25) is 19.3 Å². The number of hydrogen-bond donors (Lipinski definition) is 1. The van der Waals surface area contributed by atoms with E-state index in [1.165, 1.54) is 6.92 Å². The summed E-state index contributed by atoms with van der Waals surface area (Å²) in [5.41, 5.74) is 1.77. The zero-order chi connectivity index (χ0) is 24.2. The molecule has 3 atom stereocenters. The first-order valence-electron chi connectivity index (χ1n) is 11.1. The number of carbonyl (C=O) groups excluding carboxylic acids is 4. The van der Waals surface area contributed by atoms with Crippen LogP contribution in [-0.2, 0) is 25.7 Å². The fourth-order valence-electron chi connectivity index (χ4n) is 4.22. The molecular formula is C26H26N2O6. The number of benzene rings is 2.